The van der Waals surface area contributed by atoms with Crippen LogP contribution in [0.5, 0.6) is 0 Å². The average molecular weight is 226 g/mol. The van der Waals surface area contributed by atoms with Gasteiger partial charge in [-0.05, 0) is 0 Å². The van der Waals surface area contributed by atoms with Crippen LogP contribution in [0.4, 0.5) is 0 Å². The minimum Gasteiger partial charge on any atom is -0.294 e. The SMILES string of the molecule is CC(C)C(=O)c1ccccc1-c1cnccn1. The van der Waals surface area contributed by atoms with Gasteiger partial charge in [-0.25, -0.2) is 0 Å². The monoisotopic (exact) mass is 226 g/mol. The van der Waals surface area contributed by atoms with Crippen LogP contribution >= 0.6 is 0 Å². The van der Waals surface area contributed by atoms with Gasteiger partial charge in [-0.1, -0.05) is 38.1 Å². The number of aromatic nitrogens is 2. The zero-order valence-corrected chi connectivity index (χ0v) is 9.92. The van der Waals surface area contributed by atoms with Gasteiger partial charge in [-0.15, -0.1) is 0 Å². The summed E-state index contributed by atoms with van der Waals surface area (Å²) in [5, 5.41) is 0. The fraction of sp³-hybridized carbons (Fsp3) is 0.214. The first-order valence-electron chi connectivity index (χ1n) is 5.60. The summed E-state index contributed by atoms with van der Waals surface area (Å²) < 4.78 is 0. The minimum atomic E-state index is -0.0205. The second kappa shape index (κ2) is 4.87. The van der Waals surface area contributed by atoms with Crippen LogP contribution in [-0.2, 0) is 0 Å². The van der Waals surface area contributed by atoms with Crippen LogP contribution in [0.1, 0.15) is 24.2 Å². The first kappa shape index (κ1) is 11.5. The Bertz CT molecular complexity index is 521. The third kappa shape index (κ3) is 2.38. The summed E-state index contributed by atoms with van der Waals surface area (Å²) in [7, 11) is 0. The molecule has 0 amide bonds. The quantitative estimate of drug-likeness (QED) is 0.755. The van der Waals surface area contributed by atoms with Gasteiger partial charge in [0.25, 0.3) is 0 Å². The molecule has 0 unspecified atom stereocenters. The number of carbonyl (C=O) groups excluding carboxylic acids is 1. The maximum atomic E-state index is 12.1. The molecular weight excluding hydrogens is 212 g/mol. The van der Waals surface area contributed by atoms with Gasteiger partial charge < -0.3 is 0 Å². The Labute approximate surface area is 101 Å². The second-order valence-electron chi connectivity index (χ2n) is 4.16. The zero-order valence-electron chi connectivity index (χ0n) is 9.92. The van der Waals surface area contributed by atoms with E-state index in [1.54, 1.807) is 18.6 Å². The summed E-state index contributed by atoms with van der Waals surface area (Å²) in [5.74, 6) is 0.110. The Morgan fingerprint density at radius 3 is 2.59 bits per heavy atom. The third-order valence-corrected chi connectivity index (χ3v) is 2.56. The average Bonchev–Trinajstić information content (AvgIpc) is 2.39. The number of rotatable bonds is 3. The molecule has 1 aromatic heterocycles. The molecule has 3 nitrogen and oxygen atoms in total. The van der Waals surface area contributed by atoms with Crippen molar-refractivity contribution in [1.29, 1.82) is 0 Å². The van der Waals surface area contributed by atoms with E-state index in [9.17, 15) is 4.79 Å². The summed E-state index contributed by atoms with van der Waals surface area (Å²) in [6.45, 7) is 3.80. The third-order valence-electron chi connectivity index (χ3n) is 2.56. The number of carbonyl (C=O) groups is 1. The van der Waals surface area contributed by atoms with Crippen molar-refractivity contribution in [3.05, 3.63) is 48.4 Å². The van der Waals surface area contributed by atoms with Crippen molar-refractivity contribution in [2.75, 3.05) is 0 Å². The van der Waals surface area contributed by atoms with Crippen molar-refractivity contribution >= 4 is 5.78 Å². The van der Waals surface area contributed by atoms with E-state index in [0.717, 1.165) is 11.3 Å². The predicted octanol–water partition coefficient (Wildman–Crippen LogP) is 2.98. The Kier molecular flexibility index (Phi) is 3.28. The normalized spacial score (nSPS) is 10.5. The number of ketones is 1. The summed E-state index contributed by atoms with van der Waals surface area (Å²) in [6.07, 6.45) is 4.93. The lowest BCUT2D eigenvalue weighted by Gasteiger charge is -2.09. The van der Waals surface area contributed by atoms with Gasteiger partial charge in [0.15, 0.2) is 5.78 Å². The largest absolute Gasteiger partial charge is 0.294 e. The molecule has 86 valence electrons. The van der Waals surface area contributed by atoms with Gasteiger partial charge in [0.05, 0.1) is 11.9 Å². The fourth-order valence-electron chi connectivity index (χ4n) is 1.67. The molecule has 1 heterocycles. The summed E-state index contributed by atoms with van der Waals surface area (Å²) in [6, 6.07) is 7.52. The molecule has 17 heavy (non-hydrogen) atoms. The molecular formula is C14H14N2O. The molecule has 0 fully saturated rings. The van der Waals surface area contributed by atoms with Crippen molar-refractivity contribution in [3.8, 4) is 11.3 Å². The molecule has 0 aliphatic rings. The van der Waals surface area contributed by atoms with E-state index in [2.05, 4.69) is 9.97 Å². The van der Waals surface area contributed by atoms with Crippen LogP contribution in [0.3, 0.4) is 0 Å². The van der Waals surface area contributed by atoms with Crippen molar-refractivity contribution < 1.29 is 4.79 Å². The number of nitrogens with zero attached hydrogens (tertiary/aromatic N) is 2. The maximum Gasteiger partial charge on any atom is 0.166 e. The van der Waals surface area contributed by atoms with Gasteiger partial charge >= 0.3 is 0 Å². The Morgan fingerprint density at radius 1 is 1.18 bits per heavy atom. The minimum absolute atomic E-state index is 0.0205. The van der Waals surface area contributed by atoms with E-state index in [1.807, 2.05) is 38.1 Å². The predicted molar refractivity (Wildman–Crippen MR) is 66.6 cm³/mol. The lowest BCUT2D eigenvalue weighted by molar-refractivity contribution is 0.0940. The first-order chi connectivity index (χ1) is 8.20. The molecule has 0 radical (unpaired) electrons. The van der Waals surface area contributed by atoms with Crippen LogP contribution in [-0.4, -0.2) is 15.8 Å². The van der Waals surface area contributed by atoms with Gasteiger partial charge in [-0.2, -0.15) is 0 Å². The van der Waals surface area contributed by atoms with E-state index >= 15 is 0 Å². The van der Waals surface area contributed by atoms with Crippen molar-refractivity contribution in [1.82, 2.24) is 9.97 Å². The molecule has 0 spiro atoms. The molecule has 0 bridgehead atoms. The van der Waals surface area contributed by atoms with Crippen molar-refractivity contribution in [3.63, 3.8) is 0 Å². The standard InChI is InChI=1S/C14H14N2O/c1-10(2)14(17)12-6-4-3-5-11(12)13-9-15-7-8-16-13/h3-10H,1-2H3. The van der Waals surface area contributed by atoms with Gasteiger partial charge in [0, 0.05) is 29.4 Å². The fourth-order valence-corrected chi connectivity index (χ4v) is 1.67. The van der Waals surface area contributed by atoms with Crippen molar-refractivity contribution in [2.24, 2.45) is 5.92 Å². The lowest BCUT2D eigenvalue weighted by Crippen LogP contribution is -2.09. The Hall–Kier alpha value is -2.03. The second-order valence-corrected chi connectivity index (χ2v) is 4.16. The van der Waals surface area contributed by atoms with E-state index in [0.29, 0.717) is 5.56 Å². The highest BCUT2D eigenvalue weighted by molar-refractivity contribution is 6.02. The van der Waals surface area contributed by atoms with Crippen LogP contribution < -0.4 is 0 Å². The number of hydrogen-bond acceptors (Lipinski definition) is 3. The molecule has 0 saturated heterocycles. The highest BCUT2D eigenvalue weighted by Crippen LogP contribution is 2.23. The van der Waals surface area contributed by atoms with Crippen LogP contribution in [0, 0.1) is 5.92 Å². The van der Waals surface area contributed by atoms with E-state index < -0.39 is 0 Å². The highest BCUT2D eigenvalue weighted by Gasteiger charge is 2.15. The van der Waals surface area contributed by atoms with E-state index in [4.69, 9.17) is 0 Å². The van der Waals surface area contributed by atoms with Crippen molar-refractivity contribution in [2.45, 2.75) is 13.8 Å². The molecule has 0 aliphatic heterocycles. The van der Waals surface area contributed by atoms with E-state index in [-0.39, 0.29) is 11.7 Å². The number of benzene rings is 1. The summed E-state index contributed by atoms with van der Waals surface area (Å²) in [4.78, 5) is 20.4. The number of Topliss-reactive ketones (excluding diaryl/α,β-unsaturated/α-hetero) is 1. The lowest BCUT2D eigenvalue weighted by atomic mass is 9.95. The molecule has 2 rings (SSSR count). The zero-order chi connectivity index (χ0) is 12.3. The molecule has 0 saturated carbocycles. The van der Waals surface area contributed by atoms with Crippen LogP contribution in [0.15, 0.2) is 42.9 Å². The first-order valence-corrected chi connectivity index (χ1v) is 5.60. The summed E-state index contributed by atoms with van der Waals surface area (Å²) in [5.41, 5.74) is 2.29. The molecule has 1 aromatic carbocycles. The van der Waals surface area contributed by atoms with Crippen LogP contribution in [0.2, 0.25) is 0 Å². The number of hydrogen-bond donors (Lipinski definition) is 0. The molecule has 0 atom stereocenters. The Balaban J connectivity index is 2.52. The summed E-state index contributed by atoms with van der Waals surface area (Å²) >= 11 is 0. The van der Waals surface area contributed by atoms with Crippen LogP contribution in [0.25, 0.3) is 11.3 Å². The maximum absolute atomic E-state index is 12.1. The molecule has 2 aromatic rings. The smallest absolute Gasteiger partial charge is 0.166 e. The van der Waals surface area contributed by atoms with Gasteiger partial charge in [0.1, 0.15) is 0 Å². The molecule has 3 heteroatoms. The molecule has 0 N–H and O–H groups in total. The molecule has 0 aliphatic carbocycles. The Morgan fingerprint density at radius 2 is 1.94 bits per heavy atom. The van der Waals surface area contributed by atoms with Gasteiger partial charge in [0.2, 0.25) is 0 Å². The van der Waals surface area contributed by atoms with Gasteiger partial charge in [-0.3, -0.25) is 14.8 Å². The van der Waals surface area contributed by atoms with E-state index in [1.165, 1.54) is 0 Å². The topological polar surface area (TPSA) is 42.9 Å². The highest BCUT2D eigenvalue weighted by atomic mass is 16.1.